The molecule has 0 aliphatic heterocycles. The minimum Gasteiger partial charge on any atom is -0.257 e. The molecule has 1 aromatic heterocycles. The van der Waals surface area contributed by atoms with Crippen LogP contribution in [0.5, 0.6) is 0 Å². The molecule has 0 fully saturated rings. The Labute approximate surface area is 68.4 Å². The van der Waals surface area contributed by atoms with E-state index < -0.39 is 0 Å². The van der Waals surface area contributed by atoms with Gasteiger partial charge in [-0.1, -0.05) is 5.92 Å². The van der Waals surface area contributed by atoms with Gasteiger partial charge in [0.05, 0.1) is 10.7 Å². The zero-order chi connectivity index (χ0) is 7.56. The van der Waals surface area contributed by atoms with Crippen LogP contribution in [0.2, 0.25) is 0 Å². The van der Waals surface area contributed by atoms with Gasteiger partial charge in [0, 0.05) is 6.20 Å². The first-order valence-corrected chi connectivity index (χ1v) is 3.69. The van der Waals surface area contributed by atoms with Crippen LogP contribution in [0.25, 0.3) is 0 Å². The molecule has 52 valence electrons. The standard InChI is InChI=1S/C7H7BrN2/c1-3-6(2)10-5-7(8)4-9-10/h1,4-6H,2H3. The molecule has 0 aliphatic carbocycles. The van der Waals surface area contributed by atoms with E-state index in [4.69, 9.17) is 6.42 Å². The lowest BCUT2D eigenvalue weighted by Crippen LogP contribution is -2.01. The second kappa shape index (κ2) is 2.89. The minimum atomic E-state index is 0.0336. The molecule has 0 radical (unpaired) electrons. The molecule has 0 spiro atoms. The molecule has 3 heteroatoms. The SMILES string of the molecule is C#CC(C)n1cc(Br)cn1. The van der Waals surface area contributed by atoms with Crippen molar-refractivity contribution in [1.29, 1.82) is 0 Å². The first kappa shape index (κ1) is 7.36. The minimum absolute atomic E-state index is 0.0336. The zero-order valence-corrected chi connectivity index (χ0v) is 7.17. The van der Waals surface area contributed by atoms with Crippen LogP contribution < -0.4 is 0 Å². The Morgan fingerprint density at radius 3 is 3.00 bits per heavy atom. The Hall–Kier alpha value is -0.750. The highest BCUT2D eigenvalue weighted by atomic mass is 79.9. The molecule has 0 N–H and O–H groups in total. The third-order valence-electron chi connectivity index (χ3n) is 1.21. The predicted molar refractivity (Wildman–Crippen MR) is 43.5 cm³/mol. The fraction of sp³-hybridized carbons (Fsp3) is 0.286. The van der Waals surface area contributed by atoms with Crippen molar-refractivity contribution in [3.63, 3.8) is 0 Å². The summed E-state index contributed by atoms with van der Waals surface area (Å²) in [5.41, 5.74) is 0. The van der Waals surface area contributed by atoms with Crippen LogP contribution >= 0.6 is 15.9 Å². The average molecular weight is 199 g/mol. The van der Waals surface area contributed by atoms with Crippen molar-refractivity contribution in [1.82, 2.24) is 9.78 Å². The molecule has 1 aromatic rings. The summed E-state index contributed by atoms with van der Waals surface area (Å²) >= 11 is 3.28. The number of aromatic nitrogens is 2. The fourth-order valence-electron chi connectivity index (χ4n) is 0.603. The summed E-state index contributed by atoms with van der Waals surface area (Å²) in [7, 11) is 0. The Kier molecular flexibility index (Phi) is 2.13. The van der Waals surface area contributed by atoms with Gasteiger partial charge in [0.1, 0.15) is 6.04 Å². The fourth-order valence-corrected chi connectivity index (χ4v) is 0.904. The molecule has 0 amide bonds. The van der Waals surface area contributed by atoms with E-state index >= 15 is 0 Å². The Bertz CT molecular complexity index is 259. The topological polar surface area (TPSA) is 17.8 Å². The molecule has 0 saturated heterocycles. The maximum absolute atomic E-state index is 5.19. The monoisotopic (exact) mass is 198 g/mol. The summed E-state index contributed by atoms with van der Waals surface area (Å²) in [5, 5.41) is 4.01. The molecule has 1 atom stereocenters. The first-order valence-electron chi connectivity index (χ1n) is 2.90. The van der Waals surface area contributed by atoms with Crippen LogP contribution in [-0.2, 0) is 0 Å². The number of terminal acetylenes is 1. The molecule has 10 heavy (non-hydrogen) atoms. The highest BCUT2D eigenvalue weighted by Gasteiger charge is 1.99. The van der Waals surface area contributed by atoms with Crippen molar-refractivity contribution >= 4 is 15.9 Å². The second-order valence-electron chi connectivity index (χ2n) is 1.98. The highest BCUT2D eigenvalue weighted by molar-refractivity contribution is 9.10. The van der Waals surface area contributed by atoms with Crippen LogP contribution in [0.15, 0.2) is 16.9 Å². The van der Waals surface area contributed by atoms with Crippen LogP contribution in [0, 0.1) is 12.3 Å². The molecular formula is C7H7BrN2. The largest absolute Gasteiger partial charge is 0.257 e. The van der Waals surface area contributed by atoms with E-state index in [0.717, 1.165) is 4.47 Å². The van der Waals surface area contributed by atoms with Crippen LogP contribution in [-0.4, -0.2) is 9.78 Å². The van der Waals surface area contributed by atoms with Crippen molar-refractivity contribution in [2.75, 3.05) is 0 Å². The van der Waals surface area contributed by atoms with E-state index in [1.165, 1.54) is 0 Å². The second-order valence-corrected chi connectivity index (χ2v) is 2.90. The number of rotatable bonds is 1. The van der Waals surface area contributed by atoms with Crippen LogP contribution in [0.4, 0.5) is 0 Å². The quantitative estimate of drug-likeness (QED) is 0.631. The van der Waals surface area contributed by atoms with E-state index in [9.17, 15) is 0 Å². The lowest BCUT2D eigenvalue weighted by atomic mass is 10.4. The van der Waals surface area contributed by atoms with Crippen molar-refractivity contribution in [3.05, 3.63) is 16.9 Å². The van der Waals surface area contributed by atoms with E-state index in [1.54, 1.807) is 10.9 Å². The molecule has 0 aliphatic rings. The summed E-state index contributed by atoms with van der Waals surface area (Å²) in [6.45, 7) is 1.92. The summed E-state index contributed by atoms with van der Waals surface area (Å²) in [6.07, 6.45) is 8.76. The summed E-state index contributed by atoms with van der Waals surface area (Å²) < 4.78 is 2.68. The molecule has 1 heterocycles. The Morgan fingerprint density at radius 1 is 1.90 bits per heavy atom. The van der Waals surface area contributed by atoms with Crippen LogP contribution in [0.1, 0.15) is 13.0 Å². The zero-order valence-electron chi connectivity index (χ0n) is 5.58. The predicted octanol–water partition coefficient (Wildman–Crippen LogP) is 1.84. The number of hydrogen-bond donors (Lipinski definition) is 0. The van der Waals surface area contributed by atoms with Crippen LogP contribution in [0.3, 0.4) is 0 Å². The third-order valence-corrected chi connectivity index (χ3v) is 1.62. The average Bonchev–Trinajstić information content (AvgIpc) is 2.34. The first-order chi connectivity index (χ1) is 4.74. The van der Waals surface area contributed by atoms with Crippen molar-refractivity contribution in [3.8, 4) is 12.3 Å². The molecular weight excluding hydrogens is 192 g/mol. The lowest BCUT2D eigenvalue weighted by molar-refractivity contribution is 0.597. The van der Waals surface area contributed by atoms with Gasteiger partial charge in [-0.3, -0.25) is 4.68 Å². The van der Waals surface area contributed by atoms with Gasteiger partial charge >= 0.3 is 0 Å². The molecule has 2 nitrogen and oxygen atoms in total. The number of nitrogens with zero attached hydrogens (tertiary/aromatic N) is 2. The summed E-state index contributed by atoms with van der Waals surface area (Å²) in [4.78, 5) is 0. The summed E-state index contributed by atoms with van der Waals surface area (Å²) in [6, 6.07) is 0.0336. The summed E-state index contributed by atoms with van der Waals surface area (Å²) in [5.74, 6) is 2.57. The molecule has 0 saturated carbocycles. The molecule has 0 aromatic carbocycles. The van der Waals surface area contributed by atoms with Gasteiger partial charge in [-0.25, -0.2) is 0 Å². The van der Waals surface area contributed by atoms with Gasteiger partial charge in [-0.2, -0.15) is 5.10 Å². The Balaban J connectivity index is 2.87. The van der Waals surface area contributed by atoms with E-state index in [1.807, 2.05) is 13.1 Å². The smallest absolute Gasteiger partial charge is 0.109 e. The maximum Gasteiger partial charge on any atom is 0.109 e. The van der Waals surface area contributed by atoms with Gasteiger partial charge in [-0.05, 0) is 22.9 Å². The molecule has 1 rings (SSSR count). The number of halogens is 1. The van der Waals surface area contributed by atoms with Gasteiger partial charge in [0.2, 0.25) is 0 Å². The van der Waals surface area contributed by atoms with E-state index in [-0.39, 0.29) is 6.04 Å². The normalized spacial score (nSPS) is 12.5. The van der Waals surface area contributed by atoms with Gasteiger partial charge in [0.15, 0.2) is 0 Å². The Morgan fingerprint density at radius 2 is 2.60 bits per heavy atom. The highest BCUT2D eigenvalue weighted by Crippen LogP contribution is 2.10. The maximum atomic E-state index is 5.19. The van der Waals surface area contributed by atoms with Crippen molar-refractivity contribution in [2.45, 2.75) is 13.0 Å². The van der Waals surface area contributed by atoms with Gasteiger partial charge < -0.3 is 0 Å². The van der Waals surface area contributed by atoms with Crippen molar-refractivity contribution < 1.29 is 0 Å². The van der Waals surface area contributed by atoms with Crippen molar-refractivity contribution in [2.24, 2.45) is 0 Å². The molecule has 0 bridgehead atoms. The van der Waals surface area contributed by atoms with Gasteiger partial charge in [0.25, 0.3) is 0 Å². The molecule has 1 unspecified atom stereocenters. The number of hydrogen-bond acceptors (Lipinski definition) is 1. The van der Waals surface area contributed by atoms with Gasteiger partial charge in [-0.15, -0.1) is 6.42 Å². The van der Waals surface area contributed by atoms with E-state index in [2.05, 4.69) is 26.9 Å². The van der Waals surface area contributed by atoms with E-state index in [0.29, 0.717) is 0 Å². The third kappa shape index (κ3) is 1.39. The lowest BCUT2D eigenvalue weighted by Gasteiger charge is -2.01.